The molecule has 0 spiro atoms. The van der Waals surface area contributed by atoms with Gasteiger partial charge in [-0.25, -0.2) is 4.39 Å². The molecule has 2 amide bonds. The van der Waals surface area contributed by atoms with Gasteiger partial charge < -0.3 is 9.80 Å². The van der Waals surface area contributed by atoms with Crippen LogP contribution in [0, 0.1) is 5.82 Å². The molecule has 0 aliphatic carbocycles. The molecule has 2 fully saturated rings. The Labute approximate surface area is 227 Å². The quantitative estimate of drug-likeness (QED) is 0.434. The third-order valence-corrected chi connectivity index (χ3v) is 7.98. The van der Waals surface area contributed by atoms with Gasteiger partial charge in [-0.2, -0.15) is 26.3 Å². The largest absolute Gasteiger partial charge is 0.416 e. The van der Waals surface area contributed by atoms with Crippen LogP contribution in [-0.2, 0) is 17.1 Å². The minimum Gasteiger partial charge on any atom is -0.343 e. The summed E-state index contributed by atoms with van der Waals surface area (Å²) < 4.78 is 94.2. The molecule has 2 heterocycles. The molecule has 0 radical (unpaired) electrons. The molecule has 5 nitrogen and oxygen atoms in total. The van der Waals surface area contributed by atoms with Crippen molar-refractivity contribution in [3.63, 3.8) is 0 Å². The van der Waals surface area contributed by atoms with E-state index in [2.05, 4.69) is 4.90 Å². The Balaban J connectivity index is 1.62. The van der Waals surface area contributed by atoms with Crippen molar-refractivity contribution in [1.29, 1.82) is 0 Å². The number of halogens is 7. The summed E-state index contributed by atoms with van der Waals surface area (Å²) in [6, 6.07) is 6.21. The maximum absolute atomic E-state index is 13.7. The summed E-state index contributed by atoms with van der Waals surface area (Å²) in [5.74, 6) is -1.79. The van der Waals surface area contributed by atoms with Gasteiger partial charge >= 0.3 is 12.4 Å². The maximum Gasteiger partial charge on any atom is 0.416 e. The zero-order valence-electron chi connectivity index (χ0n) is 22.0. The number of hydrogen-bond acceptors (Lipinski definition) is 3. The van der Waals surface area contributed by atoms with Crippen LogP contribution in [-0.4, -0.2) is 71.8 Å². The average molecular weight is 574 g/mol. The molecular formula is C28H30F7N3O2. The van der Waals surface area contributed by atoms with Gasteiger partial charge in [-0.15, -0.1) is 0 Å². The monoisotopic (exact) mass is 573 g/mol. The van der Waals surface area contributed by atoms with Crippen LogP contribution in [0.15, 0.2) is 42.5 Å². The molecule has 218 valence electrons. The van der Waals surface area contributed by atoms with Gasteiger partial charge in [0.15, 0.2) is 0 Å². The molecule has 0 aromatic heterocycles. The lowest BCUT2D eigenvalue weighted by molar-refractivity contribution is -0.143. The molecule has 0 N–H and O–H groups in total. The molecule has 2 aromatic carbocycles. The standard InChI is InChI=1S/C28H30F7N3O2/c1-17(39)37-10-7-23(8-11-37)38-12-9-25(24(16-38)18-3-5-22(29)6-4-18)36(2)26(40)19-13-20(27(30,31)32)15-21(14-19)28(33,34)35/h3-6,13-15,23-25H,7-12,16H2,1-2H3/t24-,25+/m0/s1. The van der Waals surface area contributed by atoms with Gasteiger partial charge in [0, 0.05) is 63.7 Å². The summed E-state index contributed by atoms with van der Waals surface area (Å²) in [4.78, 5) is 30.3. The number of carbonyl (C=O) groups is 2. The van der Waals surface area contributed by atoms with E-state index in [1.807, 2.05) is 0 Å². The molecule has 2 aliphatic heterocycles. The molecule has 4 rings (SSSR count). The van der Waals surface area contributed by atoms with E-state index in [1.165, 1.54) is 31.0 Å². The Hall–Kier alpha value is -3.15. The fourth-order valence-electron chi connectivity index (χ4n) is 5.78. The minimum absolute atomic E-state index is 0.00440. The lowest BCUT2D eigenvalue weighted by Crippen LogP contribution is -2.55. The van der Waals surface area contributed by atoms with E-state index in [1.54, 1.807) is 17.0 Å². The average Bonchev–Trinajstić information content (AvgIpc) is 2.91. The number of alkyl halides is 6. The summed E-state index contributed by atoms with van der Waals surface area (Å²) in [5.41, 5.74) is -3.11. The van der Waals surface area contributed by atoms with Crippen molar-refractivity contribution in [1.82, 2.24) is 14.7 Å². The lowest BCUT2D eigenvalue weighted by atomic mass is 9.83. The van der Waals surface area contributed by atoms with Crippen molar-refractivity contribution >= 4 is 11.8 Å². The smallest absolute Gasteiger partial charge is 0.343 e. The number of amides is 2. The van der Waals surface area contributed by atoms with Gasteiger partial charge in [0.2, 0.25) is 5.91 Å². The van der Waals surface area contributed by atoms with Crippen LogP contribution in [0.25, 0.3) is 0 Å². The van der Waals surface area contributed by atoms with Gasteiger partial charge in [0.1, 0.15) is 5.82 Å². The Bertz CT molecular complexity index is 1190. The molecule has 0 saturated carbocycles. The van der Waals surface area contributed by atoms with Crippen LogP contribution < -0.4 is 0 Å². The fraction of sp³-hybridized carbons (Fsp3) is 0.500. The summed E-state index contributed by atoms with van der Waals surface area (Å²) >= 11 is 0. The second-order valence-corrected chi connectivity index (χ2v) is 10.5. The number of likely N-dealkylation sites (N-methyl/N-ethyl adjacent to an activating group) is 1. The number of carbonyl (C=O) groups excluding carboxylic acids is 2. The second-order valence-electron chi connectivity index (χ2n) is 10.5. The van der Waals surface area contributed by atoms with Crippen LogP contribution in [0.5, 0.6) is 0 Å². The first-order valence-corrected chi connectivity index (χ1v) is 13.0. The van der Waals surface area contributed by atoms with Crippen molar-refractivity contribution in [2.24, 2.45) is 0 Å². The first kappa shape index (κ1) is 29.8. The van der Waals surface area contributed by atoms with E-state index in [0.29, 0.717) is 50.3 Å². The zero-order chi connectivity index (χ0) is 29.4. The number of piperidine rings is 2. The highest BCUT2D eigenvalue weighted by Crippen LogP contribution is 2.38. The molecule has 2 saturated heterocycles. The Morgan fingerprint density at radius 1 is 0.850 bits per heavy atom. The van der Waals surface area contributed by atoms with Crippen LogP contribution in [0.3, 0.4) is 0 Å². The van der Waals surface area contributed by atoms with Crippen LogP contribution >= 0.6 is 0 Å². The molecule has 12 heteroatoms. The van der Waals surface area contributed by atoms with Gasteiger partial charge in [-0.05, 0) is 55.2 Å². The van der Waals surface area contributed by atoms with Crippen molar-refractivity contribution < 1.29 is 40.3 Å². The topological polar surface area (TPSA) is 43.9 Å². The maximum atomic E-state index is 13.7. The van der Waals surface area contributed by atoms with E-state index >= 15 is 0 Å². The fourth-order valence-corrected chi connectivity index (χ4v) is 5.78. The highest BCUT2D eigenvalue weighted by molar-refractivity contribution is 5.95. The zero-order valence-corrected chi connectivity index (χ0v) is 22.0. The number of rotatable bonds is 4. The highest BCUT2D eigenvalue weighted by atomic mass is 19.4. The number of hydrogen-bond donors (Lipinski definition) is 0. The predicted octanol–water partition coefficient (Wildman–Crippen LogP) is 5.80. The number of likely N-dealkylation sites (tertiary alicyclic amines) is 2. The number of benzene rings is 2. The Morgan fingerprint density at radius 3 is 1.90 bits per heavy atom. The summed E-state index contributed by atoms with van der Waals surface area (Å²) in [7, 11) is 1.37. The Morgan fingerprint density at radius 2 is 1.40 bits per heavy atom. The van der Waals surface area contributed by atoms with E-state index in [4.69, 9.17) is 0 Å². The molecular weight excluding hydrogens is 543 g/mol. The number of nitrogens with zero attached hydrogens (tertiary/aromatic N) is 3. The second kappa shape index (κ2) is 11.4. The summed E-state index contributed by atoms with van der Waals surface area (Å²) in [6.45, 7) is 3.73. The van der Waals surface area contributed by atoms with Gasteiger partial charge in [-0.1, -0.05) is 12.1 Å². The van der Waals surface area contributed by atoms with E-state index in [9.17, 15) is 40.3 Å². The van der Waals surface area contributed by atoms with Crippen LogP contribution in [0.4, 0.5) is 30.7 Å². The van der Waals surface area contributed by atoms with E-state index in [-0.39, 0.29) is 23.9 Å². The SMILES string of the molecule is CC(=O)N1CCC(N2CC[C@@H](N(C)C(=O)c3cc(C(F)(F)F)cc(C(F)(F)F)c3)[C@H](c3ccc(F)cc3)C2)CC1. The normalized spacial score (nSPS) is 21.4. The molecule has 40 heavy (non-hydrogen) atoms. The lowest BCUT2D eigenvalue weighted by Gasteiger charge is -2.47. The van der Waals surface area contributed by atoms with Crippen molar-refractivity contribution in [3.05, 3.63) is 70.5 Å². The minimum atomic E-state index is -5.07. The summed E-state index contributed by atoms with van der Waals surface area (Å²) in [5, 5.41) is 0. The molecule has 0 bridgehead atoms. The van der Waals surface area contributed by atoms with Crippen molar-refractivity contribution in [2.75, 3.05) is 33.2 Å². The molecule has 2 aliphatic rings. The first-order valence-electron chi connectivity index (χ1n) is 13.0. The third-order valence-electron chi connectivity index (χ3n) is 7.98. The Kier molecular flexibility index (Phi) is 8.49. The van der Waals surface area contributed by atoms with Crippen molar-refractivity contribution in [3.8, 4) is 0 Å². The van der Waals surface area contributed by atoms with Gasteiger partial charge in [0.25, 0.3) is 5.91 Å². The van der Waals surface area contributed by atoms with E-state index in [0.717, 1.165) is 12.8 Å². The van der Waals surface area contributed by atoms with Crippen LogP contribution in [0.2, 0.25) is 0 Å². The molecule has 2 atom stereocenters. The molecule has 2 aromatic rings. The first-order chi connectivity index (χ1) is 18.6. The van der Waals surface area contributed by atoms with Gasteiger partial charge in [-0.3, -0.25) is 14.5 Å². The third kappa shape index (κ3) is 6.59. The van der Waals surface area contributed by atoms with E-state index < -0.39 is 46.8 Å². The van der Waals surface area contributed by atoms with Gasteiger partial charge in [0.05, 0.1) is 11.1 Å². The predicted molar refractivity (Wildman–Crippen MR) is 133 cm³/mol. The van der Waals surface area contributed by atoms with Crippen molar-refractivity contribution in [2.45, 2.75) is 56.5 Å². The highest BCUT2D eigenvalue weighted by Gasteiger charge is 2.41. The molecule has 0 unspecified atom stereocenters. The van der Waals surface area contributed by atoms with Crippen LogP contribution in [0.1, 0.15) is 59.2 Å². The summed E-state index contributed by atoms with van der Waals surface area (Å²) in [6.07, 6.45) is -8.24.